The molecule has 2 amide bonds. The zero-order chi connectivity index (χ0) is 21.7. The lowest BCUT2D eigenvalue weighted by Gasteiger charge is -2.17. The van der Waals surface area contributed by atoms with E-state index in [2.05, 4.69) is 10.5 Å². The Morgan fingerprint density at radius 3 is 2.63 bits per heavy atom. The zero-order valence-electron chi connectivity index (χ0n) is 16.8. The number of thioether (sulfide) groups is 1. The van der Waals surface area contributed by atoms with E-state index in [1.807, 2.05) is 24.3 Å². The maximum absolute atomic E-state index is 12.4. The molecule has 0 radical (unpaired) electrons. The Balaban J connectivity index is 1.47. The van der Waals surface area contributed by atoms with Crippen molar-refractivity contribution >= 4 is 41.0 Å². The molecule has 1 N–H and O–H groups in total. The molecule has 0 aliphatic carbocycles. The van der Waals surface area contributed by atoms with Gasteiger partial charge in [0, 0.05) is 23.7 Å². The van der Waals surface area contributed by atoms with Crippen molar-refractivity contribution in [2.45, 2.75) is 25.6 Å². The fourth-order valence-corrected chi connectivity index (χ4v) is 3.54. The van der Waals surface area contributed by atoms with Crippen LogP contribution >= 0.6 is 23.4 Å². The molecule has 2 aromatic heterocycles. The third-order valence-corrected chi connectivity index (χ3v) is 5.69. The number of nitrogens with zero attached hydrogens (tertiary/aromatic N) is 2. The number of hydrogen-bond donors (Lipinski definition) is 1. The van der Waals surface area contributed by atoms with Gasteiger partial charge in [-0.1, -0.05) is 16.8 Å². The van der Waals surface area contributed by atoms with Crippen molar-refractivity contribution in [1.29, 1.82) is 0 Å². The van der Waals surface area contributed by atoms with Gasteiger partial charge in [0.25, 0.3) is 0 Å². The second kappa shape index (κ2) is 9.86. The lowest BCUT2D eigenvalue weighted by Crippen LogP contribution is -2.30. The third-order valence-electron chi connectivity index (χ3n) is 4.31. The van der Waals surface area contributed by atoms with Gasteiger partial charge in [0.2, 0.25) is 11.8 Å². The van der Waals surface area contributed by atoms with E-state index in [1.54, 1.807) is 44.0 Å². The highest BCUT2D eigenvalue weighted by Gasteiger charge is 2.19. The van der Waals surface area contributed by atoms with E-state index in [9.17, 15) is 9.59 Å². The third kappa shape index (κ3) is 5.90. The number of hydrogen-bond acceptors (Lipinski definition) is 6. The average molecular weight is 448 g/mol. The summed E-state index contributed by atoms with van der Waals surface area (Å²) in [7, 11) is 1.70. The van der Waals surface area contributed by atoms with E-state index in [0.29, 0.717) is 34.7 Å². The number of anilines is 1. The van der Waals surface area contributed by atoms with Gasteiger partial charge < -0.3 is 19.2 Å². The smallest absolute Gasteiger partial charge is 0.238 e. The molecule has 1 unspecified atom stereocenters. The maximum atomic E-state index is 12.4. The monoisotopic (exact) mass is 447 g/mol. The number of carbonyl (C=O) groups is 2. The fourth-order valence-electron chi connectivity index (χ4n) is 2.59. The van der Waals surface area contributed by atoms with Crippen molar-refractivity contribution in [3.63, 3.8) is 0 Å². The van der Waals surface area contributed by atoms with Crippen molar-refractivity contribution in [2.24, 2.45) is 0 Å². The van der Waals surface area contributed by atoms with Crippen LogP contribution in [0.3, 0.4) is 0 Å². The van der Waals surface area contributed by atoms with Crippen LogP contribution in [0.4, 0.5) is 5.82 Å². The molecule has 0 aliphatic rings. The van der Waals surface area contributed by atoms with Crippen molar-refractivity contribution < 1.29 is 18.5 Å². The molecule has 0 saturated heterocycles. The van der Waals surface area contributed by atoms with Crippen LogP contribution < -0.4 is 5.32 Å². The van der Waals surface area contributed by atoms with Gasteiger partial charge in [0.15, 0.2) is 5.82 Å². The molecule has 158 valence electrons. The Kier molecular flexibility index (Phi) is 7.23. The highest BCUT2D eigenvalue weighted by molar-refractivity contribution is 8.01. The Hall–Kier alpha value is -2.71. The molecule has 0 bridgehead atoms. The fraction of sp³-hybridized carbons (Fsp3) is 0.286. The predicted octanol–water partition coefficient (Wildman–Crippen LogP) is 4.62. The van der Waals surface area contributed by atoms with Crippen LogP contribution in [0.5, 0.6) is 0 Å². The summed E-state index contributed by atoms with van der Waals surface area (Å²) < 4.78 is 10.8. The summed E-state index contributed by atoms with van der Waals surface area (Å²) in [4.78, 5) is 26.2. The highest BCUT2D eigenvalue weighted by Crippen LogP contribution is 2.24. The molecular weight excluding hydrogens is 426 g/mol. The molecule has 0 saturated carbocycles. The number of aryl methyl sites for hydroxylation is 1. The van der Waals surface area contributed by atoms with Crippen LogP contribution in [0, 0.1) is 6.92 Å². The van der Waals surface area contributed by atoms with Gasteiger partial charge in [0.05, 0.1) is 17.5 Å². The second-order valence-corrected chi connectivity index (χ2v) is 8.55. The van der Waals surface area contributed by atoms with Crippen LogP contribution in [-0.2, 0) is 16.1 Å². The van der Waals surface area contributed by atoms with Gasteiger partial charge in [-0.25, -0.2) is 0 Å². The first-order chi connectivity index (χ1) is 14.3. The van der Waals surface area contributed by atoms with E-state index < -0.39 is 5.25 Å². The van der Waals surface area contributed by atoms with Gasteiger partial charge in [-0.3, -0.25) is 9.59 Å². The number of nitrogens with one attached hydrogen (secondary N) is 1. The van der Waals surface area contributed by atoms with Crippen LogP contribution in [0.2, 0.25) is 5.02 Å². The summed E-state index contributed by atoms with van der Waals surface area (Å²) in [5.74, 6) is 2.21. The average Bonchev–Trinajstić information content (AvgIpc) is 3.35. The molecule has 0 aliphatic heterocycles. The summed E-state index contributed by atoms with van der Waals surface area (Å²) in [6, 6.07) is 12.7. The molecule has 3 rings (SSSR count). The minimum atomic E-state index is -0.417. The van der Waals surface area contributed by atoms with Crippen LogP contribution in [0.1, 0.15) is 18.4 Å². The van der Waals surface area contributed by atoms with E-state index in [1.165, 1.54) is 11.8 Å². The molecule has 2 heterocycles. The van der Waals surface area contributed by atoms with Gasteiger partial charge in [-0.15, -0.1) is 11.8 Å². The number of benzene rings is 1. The largest absolute Gasteiger partial charge is 0.459 e. The normalized spacial score (nSPS) is 11.9. The van der Waals surface area contributed by atoms with E-state index in [4.69, 9.17) is 20.5 Å². The van der Waals surface area contributed by atoms with Crippen molar-refractivity contribution in [2.75, 3.05) is 18.1 Å². The number of halogens is 1. The van der Waals surface area contributed by atoms with Gasteiger partial charge >= 0.3 is 0 Å². The van der Waals surface area contributed by atoms with Gasteiger partial charge in [-0.2, -0.15) is 0 Å². The molecule has 0 spiro atoms. The van der Waals surface area contributed by atoms with Crippen molar-refractivity contribution in [3.05, 3.63) is 59.0 Å². The molecule has 1 aromatic carbocycles. The lowest BCUT2D eigenvalue weighted by molar-refractivity contribution is -0.127. The quantitative estimate of drug-likeness (QED) is 0.542. The molecule has 0 fully saturated rings. The molecule has 7 nitrogen and oxygen atoms in total. The first-order valence-corrected chi connectivity index (χ1v) is 10.7. The molecule has 1 atom stereocenters. The summed E-state index contributed by atoms with van der Waals surface area (Å²) >= 11 is 7.17. The maximum Gasteiger partial charge on any atom is 0.238 e. The first-order valence-electron chi connectivity index (χ1n) is 9.26. The Bertz CT molecular complexity index is 1020. The predicted molar refractivity (Wildman–Crippen MR) is 117 cm³/mol. The number of furan rings is 1. The molecule has 3 aromatic rings. The number of rotatable bonds is 8. The Labute approximate surface area is 183 Å². The Morgan fingerprint density at radius 1 is 1.23 bits per heavy atom. The molecular formula is C21H22ClN3O4S. The van der Waals surface area contributed by atoms with Crippen molar-refractivity contribution in [1.82, 2.24) is 10.1 Å². The van der Waals surface area contributed by atoms with Crippen LogP contribution in [-0.4, -0.2) is 39.9 Å². The second-order valence-electron chi connectivity index (χ2n) is 6.79. The van der Waals surface area contributed by atoms with E-state index in [-0.39, 0.29) is 17.6 Å². The van der Waals surface area contributed by atoms with Crippen LogP contribution in [0.25, 0.3) is 11.3 Å². The SMILES string of the molecule is Cc1cc(NC(=O)C(C)SCC(=O)N(C)Cc2ccc(-c3ccc(Cl)cc3)o2)no1. The number of carbonyl (C=O) groups excluding carboxylic acids is 2. The minimum absolute atomic E-state index is 0.0960. The first kappa shape index (κ1) is 22.0. The lowest BCUT2D eigenvalue weighted by atomic mass is 10.2. The standard InChI is InChI=1S/C21H22ClN3O4S/c1-13-10-19(24-29-13)23-21(27)14(2)30-12-20(26)25(3)11-17-8-9-18(28-17)15-4-6-16(22)7-5-15/h4-10,14H,11-12H2,1-3H3,(H,23,24,27). The van der Waals surface area contributed by atoms with Crippen LogP contribution in [0.15, 0.2) is 51.4 Å². The summed E-state index contributed by atoms with van der Waals surface area (Å²) in [6.45, 7) is 3.82. The van der Waals surface area contributed by atoms with Gasteiger partial charge in [-0.05, 0) is 50.2 Å². The zero-order valence-corrected chi connectivity index (χ0v) is 18.4. The minimum Gasteiger partial charge on any atom is -0.459 e. The van der Waals surface area contributed by atoms with Crippen molar-refractivity contribution in [3.8, 4) is 11.3 Å². The number of aromatic nitrogens is 1. The number of amides is 2. The summed E-state index contributed by atoms with van der Waals surface area (Å²) in [5.41, 5.74) is 0.914. The molecule has 30 heavy (non-hydrogen) atoms. The van der Waals surface area contributed by atoms with E-state index in [0.717, 1.165) is 5.56 Å². The van der Waals surface area contributed by atoms with E-state index >= 15 is 0 Å². The summed E-state index contributed by atoms with van der Waals surface area (Å²) in [6.07, 6.45) is 0. The topological polar surface area (TPSA) is 88.6 Å². The highest BCUT2D eigenvalue weighted by atomic mass is 35.5. The van der Waals surface area contributed by atoms with Gasteiger partial charge in [0.1, 0.15) is 17.3 Å². The Morgan fingerprint density at radius 2 is 1.97 bits per heavy atom. The summed E-state index contributed by atoms with van der Waals surface area (Å²) in [5, 5.41) is 6.63. The molecule has 9 heteroatoms.